The van der Waals surface area contributed by atoms with Gasteiger partial charge in [0, 0.05) is 0 Å². The van der Waals surface area contributed by atoms with Crippen LogP contribution in [0.5, 0.6) is 0 Å². The maximum atomic E-state index is 0. The minimum atomic E-state index is 0. The monoisotopic (exact) mass is 232 g/mol. The molecule has 10 heteroatoms. The third kappa shape index (κ3) is 74.6. The predicted octanol–water partition coefficient (Wildman–Crippen LogP) is -15.4. The minimum absolute atomic E-state index is 0. The molecule has 0 fully saturated rings. The molecule has 0 radical (unpaired) electrons. The molecule has 0 atom stereocenters. The van der Waals surface area contributed by atoms with Gasteiger partial charge in [-0.05, 0) is 0 Å². The third-order valence-electron chi connectivity index (χ3n) is 0. The van der Waals surface area contributed by atoms with E-state index in [0.717, 1.165) is 0 Å². The number of hydrogen-bond acceptors (Lipinski definition) is 0. The van der Waals surface area contributed by atoms with Gasteiger partial charge in [0.25, 0.3) is 0 Å². The van der Waals surface area contributed by atoms with E-state index < -0.39 is 0 Å². The molecule has 0 unspecified atom stereocenters. The summed E-state index contributed by atoms with van der Waals surface area (Å²) in [6.45, 7) is 0. The summed E-state index contributed by atoms with van der Waals surface area (Å²) in [7, 11) is 0. The summed E-state index contributed by atoms with van der Waals surface area (Å²) in [4.78, 5) is 0. The SMILES string of the molecule is [Ga+3].[Li+].[Li+].[Li+].[Li+].[Li+].[S-2].[S-2].[S-2].[S-2]. The molecule has 0 spiro atoms. The normalized spacial score (nSPS) is 0. The third-order valence-corrected chi connectivity index (χ3v) is 0. The van der Waals surface area contributed by atoms with Gasteiger partial charge < -0.3 is 54.0 Å². The standard InChI is InChI=1S/Ga.5Li.4S/q+3;5*+1;4*-2. The van der Waals surface area contributed by atoms with Crippen molar-refractivity contribution in [2.45, 2.75) is 0 Å². The van der Waals surface area contributed by atoms with Crippen LogP contribution in [0.3, 0.4) is 0 Å². The van der Waals surface area contributed by atoms with E-state index in [1.165, 1.54) is 0 Å². The predicted molar refractivity (Wildman–Crippen MR) is 35.2 cm³/mol. The van der Waals surface area contributed by atoms with Gasteiger partial charge in [-0.15, -0.1) is 0 Å². The molecule has 0 bridgehead atoms. The summed E-state index contributed by atoms with van der Waals surface area (Å²) < 4.78 is 0. The van der Waals surface area contributed by atoms with Crippen molar-refractivity contribution in [3.05, 3.63) is 0 Å². The molecule has 0 rings (SSSR count). The van der Waals surface area contributed by atoms with Gasteiger partial charge in [-0.25, -0.2) is 0 Å². The van der Waals surface area contributed by atoms with Crippen LogP contribution in [0, 0.1) is 0 Å². The average Bonchev–Trinajstić information content (AvgIpc) is 0. The van der Waals surface area contributed by atoms with Crippen LogP contribution in [0.4, 0.5) is 0 Å². The summed E-state index contributed by atoms with van der Waals surface area (Å²) in [5.74, 6) is 0. The molecule has 0 aliphatic heterocycles. The van der Waals surface area contributed by atoms with E-state index in [0.29, 0.717) is 0 Å². The molecule has 0 saturated heterocycles. The van der Waals surface area contributed by atoms with Gasteiger partial charge in [-0.1, -0.05) is 0 Å². The molecular formula is GaLi5S4. The Bertz CT molecular complexity index is 13.6. The van der Waals surface area contributed by atoms with Crippen molar-refractivity contribution in [3.8, 4) is 0 Å². The van der Waals surface area contributed by atoms with E-state index in [1.54, 1.807) is 0 Å². The van der Waals surface area contributed by atoms with Crippen molar-refractivity contribution < 1.29 is 94.3 Å². The summed E-state index contributed by atoms with van der Waals surface area (Å²) in [6.07, 6.45) is 0. The zero-order valence-electron chi connectivity index (χ0n) is 7.21. The fraction of sp³-hybridized carbons (Fsp3) is 0. The Kier molecular flexibility index (Phi) is 1100. The van der Waals surface area contributed by atoms with Crippen molar-refractivity contribution in [1.82, 2.24) is 0 Å². The Morgan fingerprint density at radius 2 is 0.300 bits per heavy atom. The van der Waals surface area contributed by atoms with Crippen molar-refractivity contribution in [3.63, 3.8) is 0 Å². The molecule has 32 valence electrons. The fourth-order valence-corrected chi connectivity index (χ4v) is 0. The van der Waals surface area contributed by atoms with Gasteiger partial charge in [-0.2, -0.15) is 0 Å². The molecule has 0 nitrogen and oxygen atoms in total. The topological polar surface area (TPSA) is 0 Å². The fourth-order valence-electron chi connectivity index (χ4n) is 0. The maximum Gasteiger partial charge on any atom is 3.00 e. The second-order valence-electron chi connectivity index (χ2n) is 0. The van der Waals surface area contributed by atoms with Crippen molar-refractivity contribution in [1.29, 1.82) is 0 Å². The molecule has 0 heterocycles. The molecule has 0 aromatic carbocycles. The summed E-state index contributed by atoms with van der Waals surface area (Å²) in [5, 5.41) is 0. The van der Waals surface area contributed by atoms with Gasteiger partial charge in [-0.3, -0.25) is 0 Å². The Labute approximate surface area is 165 Å². The first-order chi connectivity index (χ1) is 0. The van der Waals surface area contributed by atoms with E-state index in [4.69, 9.17) is 0 Å². The van der Waals surface area contributed by atoms with Crippen molar-refractivity contribution >= 4 is 73.8 Å². The Morgan fingerprint density at radius 3 is 0.300 bits per heavy atom. The molecule has 0 aliphatic carbocycles. The van der Waals surface area contributed by atoms with Crippen LogP contribution in [-0.2, 0) is 54.0 Å². The largest absolute Gasteiger partial charge is 3.00 e. The van der Waals surface area contributed by atoms with Crippen molar-refractivity contribution in [2.24, 2.45) is 0 Å². The average molecular weight is 233 g/mol. The Hall–Kier alpha value is 5.02. The molecule has 0 N–H and O–H groups in total. The Morgan fingerprint density at radius 1 is 0.300 bits per heavy atom. The van der Waals surface area contributed by atoms with Crippen LogP contribution < -0.4 is 94.3 Å². The van der Waals surface area contributed by atoms with Gasteiger partial charge in [0.15, 0.2) is 0 Å². The zero-order chi connectivity index (χ0) is 0. The van der Waals surface area contributed by atoms with Crippen molar-refractivity contribution in [2.75, 3.05) is 0 Å². The van der Waals surface area contributed by atoms with Crippen LogP contribution in [0.2, 0.25) is 0 Å². The number of rotatable bonds is 0. The maximum absolute atomic E-state index is 0. The van der Waals surface area contributed by atoms with Crippen LogP contribution in [0.1, 0.15) is 0 Å². The van der Waals surface area contributed by atoms with E-state index >= 15 is 0 Å². The number of hydrogen-bond donors (Lipinski definition) is 0. The molecule has 0 amide bonds. The van der Waals surface area contributed by atoms with Crippen LogP contribution in [0.25, 0.3) is 0 Å². The summed E-state index contributed by atoms with van der Waals surface area (Å²) >= 11 is 0. The molecule has 0 aliphatic rings. The van der Waals surface area contributed by atoms with E-state index in [9.17, 15) is 0 Å². The van der Waals surface area contributed by atoms with Gasteiger partial charge >= 0.3 is 114 Å². The van der Waals surface area contributed by atoms with E-state index in [-0.39, 0.29) is 168 Å². The van der Waals surface area contributed by atoms with Crippen LogP contribution in [-0.4, -0.2) is 19.8 Å². The second kappa shape index (κ2) is 94.3. The van der Waals surface area contributed by atoms with Gasteiger partial charge in [0.2, 0.25) is 0 Å². The smallest absolute Gasteiger partial charge is 2.00 e. The molecule has 0 saturated carbocycles. The first kappa shape index (κ1) is 117. The zero-order valence-corrected chi connectivity index (χ0v) is 12.9. The van der Waals surface area contributed by atoms with E-state index in [2.05, 4.69) is 0 Å². The van der Waals surface area contributed by atoms with Gasteiger partial charge in [0.1, 0.15) is 0 Å². The summed E-state index contributed by atoms with van der Waals surface area (Å²) in [5.41, 5.74) is 0. The molecule has 0 aromatic rings. The van der Waals surface area contributed by atoms with Crippen LogP contribution in [0.15, 0.2) is 0 Å². The first-order valence-electron chi connectivity index (χ1n) is 0. The minimum Gasteiger partial charge on any atom is -2.00 e. The molecule has 0 aromatic heterocycles. The molecular weight excluding hydrogens is 233 g/mol. The van der Waals surface area contributed by atoms with E-state index in [1.807, 2.05) is 0 Å². The van der Waals surface area contributed by atoms with Crippen LogP contribution >= 0.6 is 0 Å². The summed E-state index contributed by atoms with van der Waals surface area (Å²) in [6, 6.07) is 0. The Balaban J connectivity index is 0. The second-order valence-corrected chi connectivity index (χ2v) is 0. The van der Waals surface area contributed by atoms with Gasteiger partial charge in [0.05, 0.1) is 0 Å². The molecule has 10 heavy (non-hydrogen) atoms. The quantitative estimate of drug-likeness (QED) is 0.364. The first-order valence-corrected chi connectivity index (χ1v) is 0.